The van der Waals surface area contributed by atoms with Crippen LogP contribution in [0.5, 0.6) is 11.5 Å². The van der Waals surface area contributed by atoms with Crippen molar-refractivity contribution in [1.82, 2.24) is 10.2 Å². The Balaban J connectivity index is 0.00000156. The van der Waals surface area contributed by atoms with E-state index in [1.807, 2.05) is 42.5 Å². The van der Waals surface area contributed by atoms with Gasteiger partial charge in [-0.3, -0.25) is 4.90 Å². The highest BCUT2D eigenvalue weighted by Crippen LogP contribution is 2.32. The standard InChI is InChI=1S/C19H24N2O2.2ClH/c1-15(21-11-9-20-10-12-21)18-8-7-17(13-19(18)22)23-14-16-5-3-2-4-6-16;;/h2-8,13,15,20,22H,9-12,14H2,1H3;2*1H/t15-;;/m1../s1. The van der Waals surface area contributed by atoms with Gasteiger partial charge in [0.15, 0.2) is 0 Å². The Morgan fingerprint density at radius 1 is 1.08 bits per heavy atom. The first-order valence-corrected chi connectivity index (χ1v) is 8.18. The first kappa shape index (κ1) is 21.6. The Hall–Kier alpha value is -1.46. The van der Waals surface area contributed by atoms with Crippen molar-refractivity contribution in [1.29, 1.82) is 0 Å². The molecule has 1 saturated heterocycles. The third kappa shape index (κ3) is 5.79. The Labute approximate surface area is 162 Å². The van der Waals surface area contributed by atoms with E-state index in [2.05, 4.69) is 17.1 Å². The Kier molecular flexibility index (Phi) is 9.08. The molecule has 1 aliphatic rings. The van der Waals surface area contributed by atoms with Gasteiger partial charge in [0.2, 0.25) is 0 Å². The molecule has 6 heteroatoms. The molecule has 1 atom stereocenters. The number of piperazine rings is 1. The molecule has 2 N–H and O–H groups in total. The van der Waals surface area contributed by atoms with Crippen molar-refractivity contribution < 1.29 is 9.84 Å². The van der Waals surface area contributed by atoms with E-state index >= 15 is 0 Å². The van der Waals surface area contributed by atoms with Crippen molar-refractivity contribution in [2.45, 2.75) is 19.6 Å². The Morgan fingerprint density at radius 3 is 2.40 bits per heavy atom. The van der Waals surface area contributed by atoms with Crippen LogP contribution in [-0.2, 0) is 6.61 Å². The number of nitrogens with one attached hydrogen (secondary N) is 1. The number of ether oxygens (including phenoxy) is 1. The minimum Gasteiger partial charge on any atom is -0.507 e. The summed E-state index contributed by atoms with van der Waals surface area (Å²) in [4.78, 5) is 2.38. The van der Waals surface area contributed by atoms with E-state index in [9.17, 15) is 5.11 Å². The SMILES string of the molecule is C[C@H](c1ccc(OCc2ccccc2)cc1O)N1CCNCC1.Cl.Cl. The van der Waals surface area contributed by atoms with Crippen LogP contribution in [0.1, 0.15) is 24.1 Å². The van der Waals surface area contributed by atoms with Gasteiger partial charge in [-0.25, -0.2) is 0 Å². The van der Waals surface area contributed by atoms with Gasteiger partial charge in [-0.2, -0.15) is 0 Å². The molecule has 3 rings (SSSR count). The van der Waals surface area contributed by atoms with E-state index < -0.39 is 0 Å². The fourth-order valence-corrected chi connectivity index (χ4v) is 2.97. The average molecular weight is 385 g/mol. The molecule has 0 saturated carbocycles. The van der Waals surface area contributed by atoms with E-state index in [1.54, 1.807) is 6.07 Å². The number of phenols is 1. The first-order chi connectivity index (χ1) is 11.2. The molecule has 0 unspecified atom stereocenters. The molecular formula is C19H26Cl2N2O2. The molecular weight excluding hydrogens is 359 g/mol. The second-order valence-corrected chi connectivity index (χ2v) is 5.96. The zero-order valence-electron chi connectivity index (χ0n) is 14.4. The van der Waals surface area contributed by atoms with Crippen LogP contribution in [0.25, 0.3) is 0 Å². The van der Waals surface area contributed by atoms with Gasteiger partial charge >= 0.3 is 0 Å². The van der Waals surface area contributed by atoms with Crippen LogP contribution < -0.4 is 10.1 Å². The summed E-state index contributed by atoms with van der Waals surface area (Å²) in [5.41, 5.74) is 2.07. The highest BCUT2D eigenvalue weighted by atomic mass is 35.5. The number of hydrogen-bond donors (Lipinski definition) is 2. The van der Waals surface area contributed by atoms with Crippen LogP contribution in [0.15, 0.2) is 48.5 Å². The summed E-state index contributed by atoms with van der Waals surface area (Å²) in [6, 6.07) is 15.9. The van der Waals surface area contributed by atoms with Crippen LogP contribution in [0.2, 0.25) is 0 Å². The second-order valence-electron chi connectivity index (χ2n) is 5.96. The summed E-state index contributed by atoms with van der Waals surface area (Å²) in [7, 11) is 0. The lowest BCUT2D eigenvalue weighted by molar-refractivity contribution is 0.182. The summed E-state index contributed by atoms with van der Waals surface area (Å²) in [5.74, 6) is 1.00. The minimum atomic E-state index is 0. The highest BCUT2D eigenvalue weighted by Gasteiger charge is 2.20. The molecule has 0 radical (unpaired) electrons. The van der Waals surface area contributed by atoms with Gasteiger partial charge in [-0.05, 0) is 18.6 Å². The molecule has 0 aromatic heterocycles. The van der Waals surface area contributed by atoms with Crippen molar-refractivity contribution in [3.8, 4) is 11.5 Å². The van der Waals surface area contributed by atoms with Crippen LogP contribution in [-0.4, -0.2) is 36.2 Å². The van der Waals surface area contributed by atoms with Gasteiger partial charge in [0.05, 0.1) is 0 Å². The number of benzene rings is 2. The van der Waals surface area contributed by atoms with Crippen LogP contribution >= 0.6 is 24.8 Å². The zero-order chi connectivity index (χ0) is 16.1. The van der Waals surface area contributed by atoms with Gasteiger partial charge in [-0.15, -0.1) is 24.8 Å². The van der Waals surface area contributed by atoms with Gasteiger partial charge < -0.3 is 15.2 Å². The predicted octanol–water partition coefficient (Wildman–Crippen LogP) is 3.78. The van der Waals surface area contributed by atoms with Gasteiger partial charge in [-0.1, -0.05) is 36.4 Å². The van der Waals surface area contributed by atoms with E-state index in [1.165, 1.54) is 0 Å². The van der Waals surface area contributed by atoms with Crippen molar-refractivity contribution in [3.63, 3.8) is 0 Å². The number of nitrogens with zero attached hydrogens (tertiary/aromatic N) is 1. The molecule has 4 nitrogen and oxygen atoms in total. The lowest BCUT2D eigenvalue weighted by Crippen LogP contribution is -2.44. The normalized spacial score (nSPS) is 15.6. The third-order valence-corrected chi connectivity index (χ3v) is 4.40. The third-order valence-electron chi connectivity index (χ3n) is 4.40. The second kappa shape index (κ2) is 10.5. The molecule has 2 aromatic rings. The van der Waals surface area contributed by atoms with Gasteiger partial charge in [0, 0.05) is 43.9 Å². The summed E-state index contributed by atoms with van der Waals surface area (Å²) in [5, 5.41) is 13.7. The van der Waals surface area contributed by atoms with Crippen molar-refractivity contribution in [2.75, 3.05) is 26.2 Å². The zero-order valence-corrected chi connectivity index (χ0v) is 16.0. The maximum Gasteiger partial charge on any atom is 0.124 e. The largest absolute Gasteiger partial charge is 0.507 e. The maximum absolute atomic E-state index is 10.4. The first-order valence-electron chi connectivity index (χ1n) is 8.18. The quantitative estimate of drug-likeness (QED) is 0.822. The molecule has 1 aliphatic heterocycles. The smallest absolute Gasteiger partial charge is 0.124 e. The Morgan fingerprint density at radius 2 is 1.76 bits per heavy atom. The summed E-state index contributed by atoms with van der Waals surface area (Å²) >= 11 is 0. The molecule has 2 aromatic carbocycles. The number of hydrogen-bond acceptors (Lipinski definition) is 4. The number of aromatic hydroxyl groups is 1. The summed E-state index contributed by atoms with van der Waals surface area (Å²) < 4.78 is 5.77. The van der Waals surface area contributed by atoms with Crippen molar-refractivity contribution in [2.24, 2.45) is 0 Å². The summed E-state index contributed by atoms with van der Waals surface area (Å²) in [6.07, 6.45) is 0. The molecule has 138 valence electrons. The van der Waals surface area contributed by atoms with Gasteiger partial charge in [0.1, 0.15) is 18.1 Å². The number of rotatable bonds is 5. The molecule has 1 heterocycles. The minimum absolute atomic E-state index is 0. The molecule has 0 bridgehead atoms. The van der Waals surface area contributed by atoms with Gasteiger partial charge in [0.25, 0.3) is 0 Å². The lowest BCUT2D eigenvalue weighted by atomic mass is 10.0. The van der Waals surface area contributed by atoms with E-state index in [4.69, 9.17) is 4.74 Å². The molecule has 0 spiro atoms. The topological polar surface area (TPSA) is 44.7 Å². The van der Waals surface area contributed by atoms with Crippen LogP contribution in [0.4, 0.5) is 0 Å². The maximum atomic E-state index is 10.4. The summed E-state index contributed by atoms with van der Waals surface area (Å²) in [6.45, 7) is 6.67. The average Bonchev–Trinajstić information content (AvgIpc) is 2.61. The highest BCUT2D eigenvalue weighted by molar-refractivity contribution is 5.85. The fourth-order valence-electron chi connectivity index (χ4n) is 2.97. The van der Waals surface area contributed by atoms with Crippen molar-refractivity contribution >= 4 is 24.8 Å². The van der Waals surface area contributed by atoms with E-state index in [0.29, 0.717) is 18.1 Å². The van der Waals surface area contributed by atoms with Crippen LogP contribution in [0, 0.1) is 0 Å². The molecule has 0 aliphatic carbocycles. The monoisotopic (exact) mass is 384 g/mol. The van der Waals surface area contributed by atoms with Crippen LogP contribution in [0.3, 0.4) is 0 Å². The predicted molar refractivity (Wildman–Crippen MR) is 106 cm³/mol. The van der Waals surface area contributed by atoms with E-state index in [0.717, 1.165) is 37.3 Å². The lowest BCUT2D eigenvalue weighted by Gasteiger charge is -2.33. The molecule has 1 fully saturated rings. The fraction of sp³-hybridized carbons (Fsp3) is 0.368. The van der Waals surface area contributed by atoms with E-state index in [-0.39, 0.29) is 30.9 Å². The molecule has 0 amide bonds. The Bertz CT molecular complexity index is 635. The molecule has 25 heavy (non-hydrogen) atoms. The number of phenolic OH excluding ortho intramolecular Hbond substituents is 1. The number of halogens is 2. The van der Waals surface area contributed by atoms with Crippen molar-refractivity contribution in [3.05, 3.63) is 59.7 Å².